The van der Waals surface area contributed by atoms with Crippen LogP contribution in [0.1, 0.15) is 0 Å². The predicted molar refractivity (Wildman–Crippen MR) is 26.5 cm³/mol. The minimum Gasteiger partial charge on any atom is -0.175 e. The van der Waals surface area contributed by atoms with Crippen LogP contribution in [0.4, 0.5) is 0 Å². The van der Waals surface area contributed by atoms with Crippen LogP contribution in [0.15, 0.2) is 0 Å². The summed E-state index contributed by atoms with van der Waals surface area (Å²) in [7, 11) is -2.28. The second-order valence-corrected chi connectivity index (χ2v) is 1.32. The number of rotatable bonds is 0. The SMILES string of the molecule is O=S(=O)=C=C=S. The highest BCUT2D eigenvalue weighted by molar-refractivity contribution is 7.81. The molecular weight excluding hydrogens is 120 g/mol. The van der Waals surface area contributed by atoms with E-state index in [9.17, 15) is 8.42 Å². The van der Waals surface area contributed by atoms with Crippen LogP contribution in [0, 0.1) is 0 Å². The van der Waals surface area contributed by atoms with Crippen molar-refractivity contribution in [1.82, 2.24) is 0 Å². The molecule has 0 saturated heterocycles. The Labute approximate surface area is 41.6 Å². The van der Waals surface area contributed by atoms with E-state index in [2.05, 4.69) is 12.2 Å². The third-order valence-corrected chi connectivity index (χ3v) is 0.625. The van der Waals surface area contributed by atoms with Gasteiger partial charge in [-0.2, -0.15) is 8.42 Å². The molecule has 0 N–H and O–H groups in total. The van der Waals surface area contributed by atoms with E-state index in [1.807, 2.05) is 0 Å². The molecule has 0 amide bonds. The van der Waals surface area contributed by atoms with Gasteiger partial charge >= 0.3 is 0 Å². The van der Waals surface area contributed by atoms with Crippen molar-refractivity contribution in [3.8, 4) is 0 Å². The standard InChI is InChI=1S/C2O2S2/c3-6(4)2-1-5. The van der Waals surface area contributed by atoms with Crippen molar-refractivity contribution in [3.63, 3.8) is 0 Å². The molecule has 0 aromatic rings. The van der Waals surface area contributed by atoms with E-state index in [4.69, 9.17) is 0 Å². The molecule has 0 heterocycles. The zero-order valence-electron chi connectivity index (χ0n) is 2.63. The molecule has 4 heteroatoms. The quantitative estimate of drug-likeness (QED) is 0.401. The molecule has 6 heavy (non-hydrogen) atoms. The average molecular weight is 120 g/mol. The summed E-state index contributed by atoms with van der Waals surface area (Å²) < 4.78 is 18.7. The van der Waals surface area contributed by atoms with E-state index < -0.39 is 10.3 Å². The normalized spacial score (nSPS) is 5.33. The molecule has 0 fully saturated rings. The second-order valence-electron chi connectivity index (χ2n) is 0.439. The maximum absolute atomic E-state index is 9.36. The number of hydrogen-bond donors (Lipinski definition) is 0. The Hall–Kier alpha value is -0.400. The van der Waals surface area contributed by atoms with Gasteiger partial charge in [-0.1, -0.05) is 0 Å². The van der Waals surface area contributed by atoms with Gasteiger partial charge in [0.1, 0.15) is 0 Å². The first-order chi connectivity index (χ1) is 2.77. The highest BCUT2D eigenvalue weighted by Crippen LogP contribution is 1.25. The lowest BCUT2D eigenvalue weighted by Gasteiger charge is -1.27. The van der Waals surface area contributed by atoms with Gasteiger partial charge in [0.25, 0.3) is 10.3 Å². The molecule has 32 valence electrons. The monoisotopic (exact) mass is 120 g/mol. The van der Waals surface area contributed by atoms with Gasteiger partial charge in [-0.05, 0) is 12.2 Å². The lowest BCUT2D eigenvalue weighted by Crippen LogP contribution is -1.52. The largest absolute Gasteiger partial charge is 0.269 e. The van der Waals surface area contributed by atoms with Crippen molar-refractivity contribution in [3.05, 3.63) is 0 Å². The van der Waals surface area contributed by atoms with E-state index in [1.54, 1.807) is 10.0 Å². The zero-order chi connectivity index (χ0) is 4.99. The van der Waals surface area contributed by atoms with Crippen molar-refractivity contribution >= 4 is 32.6 Å². The Balaban J connectivity index is 5.25. The van der Waals surface area contributed by atoms with Crippen LogP contribution < -0.4 is 0 Å². The summed E-state index contributed by atoms with van der Waals surface area (Å²) in [5.41, 5.74) is 0. The molecule has 2 nitrogen and oxygen atoms in total. The van der Waals surface area contributed by atoms with Crippen molar-refractivity contribution in [2.45, 2.75) is 0 Å². The topological polar surface area (TPSA) is 34.1 Å². The Bertz CT molecular complexity index is 192. The van der Waals surface area contributed by atoms with Gasteiger partial charge < -0.3 is 0 Å². The minimum absolute atomic E-state index is 1.69. The van der Waals surface area contributed by atoms with Gasteiger partial charge in [-0.3, -0.25) is 0 Å². The van der Waals surface area contributed by atoms with E-state index in [0.29, 0.717) is 0 Å². The zero-order valence-corrected chi connectivity index (χ0v) is 4.27. The molecule has 0 aromatic heterocycles. The van der Waals surface area contributed by atoms with Crippen molar-refractivity contribution in [1.29, 1.82) is 0 Å². The number of hydrogen-bond acceptors (Lipinski definition) is 3. The molecule has 0 bridgehead atoms. The van der Waals surface area contributed by atoms with Crippen LogP contribution in [-0.2, 0) is 10.3 Å². The average Bonchev–Trinajstić information content (AvgIpc) is 1.35. The van der Waals surface area contributed by atoms with Gasteiger partial charge in [-0.15, -0.1) is 0 Å². The molecule has 0 aromatic carbocycles. The van der Waals surface area contributed by atoms with Crippen LogP contribution in [-0.4, -0.2) is 18.5 Å². The van der Waals surface area contributed by atoms with Crippen LogP contribution in [0.5, 0.6) is 0 Å². The molecule has 0 unspecified atom stereocenters. The molecule has 0 aliphatic heterocycles. The summed E-state index contributed by atoms with van der Waals surface area (Å²) in [5.74, 6) is 0. The van der Waals surface area contributed by atoms with Gasteiger partial charge in [0.2, 0.25) is 0 Å². The molecule has 0 saturated carbocycles. The lowest BCUT2D eigenvalue weighted by molar-refractivity contribution is 0.627. The maximum Gasteiger partial charge on any atom is 0.269 e. The van der Waals surface area contributed by atoms with Gasteiger partial charge in [0.15, 0.2) is 0 Å². The Morgan fingerprint density at radius 2 is 2.00 bits per heavy atom. The number of thiocarbonyl (C=S) groups is 1. The van der Waals surface area contributed by atoms with E-state index >= 15 is 0 Å². The Kier molecular flexibility index (Phi) is 2.63. The first-order valence-electron chi connectivity index (χ1n) is 0.992. The highest BCUT2D eigenvalue weighted by Gasteiger charge is 1.44. The molecule has 0 spiro atoms. The van der Waals surface area contributed by atoms with Gasteiger partial charge in [0, 0.05) is 5.02 Å². The van der Waals surface area contributed by atoms with E-state index in [1.165, 1.54) is 0 Å². The summed E-state index contributed by atoms with van der Waals surface area (Å²) in [6, 6.07) is 0. The molecular formula is C2O2S2. The van der Waals surface area contributed by atoms with Crippen LogP contribution >= 0.6 is 12.2 Å². The fourth-order valence-electron chi connectivity index (χ4n) is 0.0340. The Morgan fingerprint density at radius 3 is 2.00 bits per heavy atom. The minimum atomic E-state index is -2.28. The molecule has 0 atom stereocenters. The second kappa shape index (κ2) is 2.82. The summed E-state index contributed by atoms with van der Waals surface area (Å²) >= 11 is 3.97. The molecule has 0 radical (unpaired) electrons. The highest BCUT2D eigenvalue weighted by atomic mass is 32.2. The Morgan fingerprint density at radius 1 is 1.50 bits per heavy atom. The third kappa shape index (κ3) is 3.60. The fraction of sp³-hybridized carbons (Fsp3) is 0. The summed E-state index contributed by atoms with van der Waals surface area (Å²) in [5, 5.41) is 3.48. The molecule has 0 aliphatic carbocycles. The van der Waals surface area contributed by atoms with Gasteiger partial charge in [0.05, 0.1) is 5.02 Å². The fourth-order valence-corrected chi connectivity index (χ4v) is 0.306. The maximum atomic E-state index is 9.36. The van der Waals surface area contributed by atoms with Gasteiger partial charge in [-0.25, -0.2) is 0 Å². The molecule has 0 aliphatic rings. The summed E-state index contributed by atoms with van der Waals surface area (Å²) in [4.78, 5) is 0. The van der Waals surface area contributed by atoms with Crippen molar-refractivity contribution in [2.24, 2.45) is 0 Å². The van der Waals surface area contributed by atoms with Crippen LogP contribution in [0.25, 0.3) is 0 Å². The smallest absolute Gasteiger partial charge is 0.175 e. The predicted octanol–water partition coefficient (Wildman–Crippen LogP) is -0.579. The van der Waals surface area contributed by atoms with E-state index in [0.717, 1.165) is 0 Å². The van der Waals surface area contributed by atoms with Crippen molar-refractivity contribution in [2.75, 3.05) is 0 Å². The summed E-state index contributed by atoms with van der Waals surface area (Å²) in [6.45, 7) is 0. The van der Waals surface area contributed by atoms with E-state index in [-0.39, 0.29) is 0 Å². The van der Waals surface area contributed by atoms with Crippen LogP contribution in [0.3, 0.4) is 0 Å². The first kappa shape index (κ1) is 5.60. The lowest BCUT2D eigenvalue weighted by atomic mass is 11.3. The summed E-state index contributed by atoms with van der Waals surface area (Å²) in [6.07, 6.45) is 0. The van der Waals surface area contributed by atoms with Crippen LogP contribution in [0.2, 0.25) is 0 Å². The first-order valence-corrected chi connectivity index (χ1v) is 2.47. The van der Waals surface area contributed by atoms with Crippen molar-refractivity contribution < 1.29 is 8.42 Å². The third-order valence-electron chi connectivity index (χ3n) is 0.125. The molecule has 0 rings (SSSR count).